The summed E-state index contributed by atoms with van der Waals surface area (Å²) in [5, 5.41) is 7.11. The SMILES string of the molecule is CCCNCc1csc(COc2ccc(Cl)cc2)n1. The Bertz CT molecular complexity index is 498. The van der Waals surface area contributed by atoms with E-state index in [1.54, 1.807) is 11.3 Å². The summed E-state index contributed by atoms with van der Waals surface area (Å²) in [6.07, 6.45) is 1.14. The van der Waals surface area contributed by atoms with Crippen LogP contribution >= 0.6 is 22.9 Å². The molecular weight excluding hydrogens is 280 g/mol. The van der Waals surface area contributed by atoms with Crippen molar-refractivity contribution in [3.05, 3.63) is 45.4 Å². The van der Waals surface area contributed by atoms with Crippen LogP contribution in [0.1, 0.15) is 24.0 Å². The van der Waals surface area contributed by atoms with Crippen molar-refractivity contribution in [2.45, 2.75) is 26.5 Å². The second-order valence-corrected chi connectivity index (χ2v) is 5.53. The molecule has 1 heterocycles. The van der Waals surface area contributed by atoms with Crippen LogP contribution in [0.3, 0.4) is 0 Å². The molecule has 19 heavy (non-hydrogen) atoms. The Morgan fingerprint density at radius 1 is 1.32 bits per heavy atom. The Morgan fingerprint density at radius 3 is 2.84 bits per heavy atom. The third-order valence-corrected chi connectivity index (χ3v) is 3.63. The van der Waals surface area contributed by atoms with E-state index in [0.717, 1.165) is 36.0 Å². The summed E-state index contributed by atoms with van der Waals surface area (Å²) in [7, 11) is 0. The fourth-order valence-corrected chi connectivity index (χ4v) is 2.40. The molecule has 2 rings (SSSR count). The number of nitrogens with one attached hydrogen (secondary N) is 1. The van der Waals surface area contributed by atoms with Crippen LogP contribution in [0.4, 0.5) is 0 Å². The highest BCUT2D eigenvalue weighted by molar-refractivity contribution is 7.09. The largest absolute Gasteiger partial charge is 0.486 e. The Hall–Kier alpha value is -1.10. The maximum atomic E-state index is 5.82. The number of nitrogens with zero attached hydrogens (tertiary/aromatic N) is 1. The molecular formula is C14H17ClN2OS. The summed E-state index contributed by atoms with van der Waals surface area (Å²) in [4.78, 5) is 4.52. The minimum absolute atomic E-state index is 0.500. The van der Waals surface area contributed by atoms with Gasteiger partial charge in [0.25, 0.3) is 0 Å². The van der Waals surface area contributed by atoms with Crippen LogP contribution in [0.5, 0.6) is 5.75 Å². The van der Waals surface area contributed by atoms with Gasteiger partial charge in [-0.15, -0.1) is 11.3 Å². The molecule has 0 radical (unpaired) electrons. The van der Waals surface area contributed by atoms with E-state index >= 15 is 0 Å². The van der Waals surface area contributed by atoms with Crippen LogP contribution in [-0.2, 0) is 13.2 Å². The summed E-state index contributed by atoms with van der Waals surface area (Å²) in [5.74, 6) is 0.810. The number of halogens is 1. The normalized spacial score (nSPS) is 10.6. The quantitative estimate of drug-likeness (QED) is 0.788. The van der Waals surface area contributed by atoms with Gasteiger partial charge >= 0.3 is 0 Å². The molecule has 2 aromatic rings. The van der Waals surface area contributed by atoms with Gasteiger partial charge in [-0.2, -0.15) is 0 Å². The van der Waals surface area contributed by atoms with E-state index in [2.05, 4.69) is 22.6 Å². The van der Waals surface area contributed by atoms with Gasteiger partial charge in [-0.1, -0.05) is 18.5 Å². The number of thiazole rings is 1. The molecule has 0 bridgehead atoms. The molecule has 0 aliphatic heterocycles. The lowest BCUT2D eigenvalue weighted by Gasteiger charge is -2.03. The molecule has 1 N–H and O–H groups in total. The third kappa shape index (κ3) is 4.82. The summed E-state index contributed by atoms with van der Waals surface area (Å²) >= 11 is 7.45. The van der Waals surface area contributed by atoms with Gasteiger partial charge in [0.15, 0.2) is 0 Å². The van der Waals surface area contributed by atoms with Crippen molar-refractivity contribution >= 4 is 22.9 Å². The summed E-state index contributed by atoms with van der Waals surface area (Å²) in [6, 6.07) is 7.36. The summed E-state index contributed by atoms with van der Waals surface area (Å²) < 4.78 is 5.65. The first-order chi connectivity index (χ1) is 9.28. The van der Waals surface area contributed by atoms with Crippen LogP contribution in [0.15, 0.2) is 29.6 Å². The predicted molar refractivity (Wildman–Crippen MR) is 79.9 cm³/mol. The first kappa shape index (κ1) is 14.3. The van der Waals surface area contributed by atoms with Crippen molar-refractivity contribution in [2.75, 3.05) is 6.54 Å². The van der Waals surface area contributed by atoms with Crippen LogP contribution in [0, 0.1) is 0 Å². The van der Waals surface area contributed by atoms with Crippen molar-refractivity contribution in [3.8, 4) is 5.75 Å². The van der Waals surface area contributed by atoms with Crippen molar-refractivity contribution in [1.82, 2.24) is 10.3 Å². The maximum absolute atomic E-state index is 5.82. The average Bonchev–Trinajstić information content (AvgIpc) is 2.86. The number of aromatic nitrogens is 1. The monoisotopic (exact) mass is 296 g/mol. The molecule has 0 aliphatic rings. The number of benzene rings is 1. The number of hydrogen-bond acceptors (Lipinski definition) is 4. The summed E-state index contributed by atoms with van der Waals surface area (Å²) in [6.45, 7) is 4.50. The molecule has 0 atom stereocenters. The zero-order valence-corrected chi connectivity index (χ0v) is 12.4. The second kappa shape index (κ2) is 7.48. The highest BCUT2D eigenvalue weighted by atomic mass is 35.5. The minimum atomic E-state index is 0.500. The number of hydrogen-bond donors (Lipinski definition) is 1. The van der Waals surface area contributed by atoms with E-state index in [1.165, 1.54) is 0 Å². The molecule has 5 heteroatoms. The number of ether oxygens (including phenoxy) is 1. The van der Waals surface area contributed by atoms with Gasteiger partial charge in [0.1, 0.15) is 17.4 Å². The molecule has 0 aliphatic carbocycles. The zero-order chi connectivity index (χ0) is 13.5. The molecule has 0 unspecified atom stereocenters. The molecule has 0 spiro atoms. The maximum Gasteiger partial charge on any atom is 0.140 e. The van der Waals surface area contributed by atoms with Crippen LogP contribution in [-0.4, -0.2) is 11.5 Å². The average molecular weight is 297 g/mol. The van der Waals surface area contributed by atoms with Crippen molar-refractivity contribution in [3.63, 3.8) is 0 Å². The Kier molecular flexibility index (Phi) is 5.63. The first-order valence-electron chi connectivity index (χ1n) is 6.30. The predicted octanol–water partition coefficient (Wildman–Crippen LogP) is 3.88. The smallest absolute Gasteiger partial charge is 0.140 e. The molecule has 0 amide bonds. The van der Waals surface area contributed by atoms with Gasteiger partial charge in [-0.3, -0.25) is 0 Å². The minimum Gasteiger partial charge on any atom is -0.486 e. The van der Waals surface area contributed by atoms with E-state index in [1.807, 2.05) is 24.3 Å². The van der Waals surface area contributed by atoms with Gasteiger partial charge in [-0.25, -0.2) is 4.98 Å². The highest BCUT2D eigenvalue weighted by Gasteiger charge is 2.03. The molecule has 1 aromatic heterocycles. The second-order valence-electron chi connectivity index (χ2n) is 4.15. The molecule has 0 saturated heterocycles. The van der Waals surface area contributed by atoms with E-state index in [-0.39, 0.29) is 0 Å². The van der Waals surface area contributed by atoms with Crippen LogP contribution in [0.25, 0.3) is 0 Å². The molecule has 102 valence electrons. The van der Waals surface area contributed by atoms with E-state index < -0.39 is 0 Å². The lowest BCUT2D eigenvalue weighted by Crippen LogP contribution is -2.14. The van der Waals surface area contributed by atoms with E-state index in [9.17, 15) is 0 Å². The van der Waals surface area contributed by atoms with Crippen LogP contribution in [0.2, 0.25) is 5.02 Å². The first-order valence-corrected chi connectivity index (χ1v) is 7.56. The molecule has 1 aromatic carbocycles. The highest BCUT2D eigenvalue weighted by Crippen LogP contribution is 2.18. The fourth-order valence-electron chi connectivity index (χ4n) is 1.57. The van der Waals surface area contributed by atoms with Gasteiger partial charge in [-0.05, 0) is 37.2 Å². The van der Waals surface area contributed by atoms with E-state index in [0.29, 0.717) is 11.6 Å². The lowest BCUT2D eigenvalue weighted by molar-refractivity contribution is 0.305. The van der Waals surface area contributed by atoms with Crippen molar-refractivity contribution in [1.29, 1.82) is 0 Å². The Balaban J connectivity index is 1.81. The topological polar surface area (TPSA) is 34.1 Å². The molecule has 3 nitrogen and oxygen atoms in total. The van der Waals surface area contributed by atoms with Gasteiger partial charge in [0.2, 0.25) is 0 Å². The Labute approximate surface area is 122 Å². The third-order valence-electron chi connectivity index (χ3n) is 2.51. The van der Waals surface area contributed by atoms with Crippen molar-refractivity contribution < 1.29 is 4.74 Å². The number of rotatable bonds is 7. The molecule has 0 saturated carbocycles. The van der Waals surface area contributed by atoms with Crippen molar-refractivity contribution in [2.24, 2.45) is 0 Å². The Morgan fingerprint density at radius 2 is 2.11 bits per heavy atom. The van der Waals surface area contributed by atoms with Gasteiger partial charge in [0, 0.05) is 16.9 Å². The standard InChI is InChI=1S/C14H17ClN2OS/c1-2-7-16-8-12-10-19-14(17-12)9-18-13-5-3-11(15)4-6-13/h3-6,10,16H,2,7-9H2,1H3. The summed E-state index contributed by atoms with van der Waals surface area (Å²) in [5.41, 5.74) is 1.08. The fraction of sp³-hybridized carbons (Fsp3) is 0.357. The van der Waals surface area contributed by atoms with Gasteiger partial charge in [0.05, 0.1) is 5.69 Å². The van der Waals surface area contributed by atoms with Gasteiger partial charge < -0.3 is 10.1 Å². The molecule has 0 fully saturated rings. The zero-order valence-electron chi connectivity index (χ0n) is 10.9. The van der Waals surface area contributed by atoms with E-state index in [4.69, 9.17) is 16.3 Å². The lowest BCUT2D eigenvalue weighted by atomic mass is 10.3. The van der Waals surface area contributed by atoms with Crippen LogP contribution < -0.4 is 10.1 Å².